The molecule has 2 rings (SSSR count). The Labute approximate surface area is 411 Å². The predicted octanol–water partition coefficient (Wildman–Crippen LogP) is -2.52. The molecule has 2 aromatic rings. The van der Waals surface area contributed by atoms with Crippen molar-refractivity contribution in [2.45, 2.75) is 107 Å². The van der Waals surface area contributed by atoms with Crippen LogP contribution in [0, 0.1) is 0 Å². The summed E-state index contributed by atoms with van der Waals surface area (Å²) in [7, 11) is 0. The maximum atomic E-state index is 14.0. The van der Waals surface area contributed by atoms with Crippen LogP contribution in [-0.2, 0) is 65.6 Å². The third-order valence-corrected chi connectivity index (χ3v) is 10.6. The first-order chi connectivity index (χ1) is 33.6. The first kappa shape index (κ1) is 59.3. The highest BCUT2D eigenvalue weighted by Gasteiger charge is 2.32. The molecule has 27 heteroatoms. The lowest BCUT2D eigenvalue weighted by molar-refractivity contribution is -0.143. The second-order valence-electron chi connectivity index (χ2n) is 15.8. The highest BCUT2D eigenvalue weighted by molar-refractivity contribution is 7.80. The van der Waals surface area contributed by atoms with Gasteiger partial charge in [-0.1, -0.05) is 60.7 Å². The fraction of sp³-hybridized carbons (Fsp3) is 0.455. The number of urea groups is 1. The monoisotopic (exact) mass is 1020 g/mol. The van der Waals surface area contributed by atoms with Crippen LogP contribution in [0.15, 0.2) is 60.7 Å². The van der Waals surface area contributed by atoms with Crippen molar-refractivity contribution >= 4 is 83.9 Å². The standard InChI is InChI=1S/C44H59N9O17S/c45-26(37(60)49-31(21-36(58)59)40(63)51-32(23-71)43(68)69)22-47-38(61)30(20-25-10-5-2-6-11-25)50-39(62)27(14-13-24-8-3-1-4-9-24)48-34(55)12-7-19-46-33(54)17-15-28(41(64)65)52-44(70)53-29(42(66)67)16-18-35(56)57/h1-6,8-11,26-32,71H,7,12-23,45H2,(H,46,54)(H,47,61)(H,48,55)(H,49,60)(H,50,62)(H,51,63)(H,56,57)(H,58,59)(H,64,65)(H,66,67)(H,68,69)(H2,52,53,70)/t26-,27-,28-,29-,30-,31-,32-/m0/s1. The molecule has 8 amide bonds. The molecule has 0 spiro atoms. The number of aliphatic carboxylic acids is 5. The molecule has 0 heterocycles. The second-order valence-corrected chi connectivity index (χ2v) is 16.2. The molecule has 0 aromatic heterocycles. The van der Waals surface area contributed by atoms with E-state index in [9.17, 15) is 78.0 Å². The van der Waals surface area contributed by atoms with Crippen molar-refractivity contribution in [3.8, 4) is 0 Å². The van der Waals surface area contributed by atoms with E-state index in [0.29, 0.717) is 12.0 Å². The first-order valence-electron chi connectivity index (χ1n) is 22.0. The highest BCUT2D eigenvalue weighted by atomic mass is 32.1. The summed E-state index contributed by atoms with van der Waals surface area (Å²) in [4.78, 5) is 148. The molecule has 0 radical (unpaired) electrons. The van der Waals surface area contributed by atoms with Gasteiger partial charge in [0.15, 0.2) is 0 Å². The minimum Gasteiger partial charge on any atom is -0.481 e. The Morgan fingerprint density at radius 3 is 1.55 bits per heavy atom. The summed E-state index contributed by atoms with van der Waals surface area (Å²) in [5.74, 6) is -12.8. The molecule has 0 saturated heterocycles. The summed E-state index contributed by atoms with van der Waals surface area (Å²) in [5.41, 5.74) is 7.41. The van der Waals surface area contributed by atoms with Gasteiger partial charge in [0.1, 0.15) is 42.3 Å². The van der Waals surface area contributed by atoms with Crippen LogP contribution in [0.2, 0.25) is 0 Å². The van der Waals surface area contributed by atoms with E-state index in [2.05, 4.69) is 44.5 Å². The summed E-state index contributed by atoms with van der Waals surface area (Å²) in [6.45, 7) is -0.649. The van der Waals surface area contributed by atoms with Crippen LogP contribution in [0.1, 0.15) is 62.5 Å². The van der Waals surface area contributed by atoms with Gasteiger partial charge in [0.25, 0.3) is 0 Å². The van der Waals surface area contributed by atoms with Crippen molar-refractivity contribution in [1.29, 1.82) is 0 Å². The summed E-state index contributed by atoms with van der Waals surface area (Å²) < 4.78 is 0. The Morgan fingerprint density at radius 1 is 0.493 bits per heavy atom. The molecule has 7 atom stereocenters. The fourth-order valence-corrected chi connectivity index (χ4v) is 6.60. The second kappa shape index (κ2) is 31.3. The fourth-order valence-electron chi connectivity index (χ4n) is 6.35. The van der Waals surface area contributed by atoms with Gasteiger partial charge in [-0.15, -0.1) is 0 Å². The van der Waals surface area contributed by atoms with Gasteiger partial charge in [0, 0.05) is 44.5 Å². The van der Waals surface area contributed by atoms with Crippen LogP contribution in [0.25, 0.3) is 0 Å². The molecule has 15 N–H and O–H groups in total. The van der Waals surface area contributed by atoms with Crippen LogP contribution in [0.5, 0.6) is 0 Å². The van der Waals surface area contributed by atoms with Gasteiger partial charge in [0.05, 0.1) is 6.42 Å². The zero-order chi connectivity index (χ0) is 53.0. The number of nitrogens with two attached hydrogens (primary N) is 1. The van der Waals surface area contributed by atoms with Gasteiger partial charge in [0.2, 0.25) is 35.4 Å². The van der Waals surface area contributed by atoms with E-state index in [1.807, 2.05) is 10.6 Å². The van der Waals surface area contributed by atoms with Crippen molar-refractivity contribution in [2.24, 2.45) is 5.73 Å². The molecule has 0 aliphatic rings. The highest BCUT2D eigenvalue weighted by Crippen LogP contribution is 2.10. The summed E-state index contributed by atoms with van der Waals surface area (Å²) >= 11 is 3.84. The number of rotatable bonds is 33. The minimum absolute atomic E-state index is 0.0492. The van der Waals surface area contributed by atoms with Crippen molar-refractivity contribution < 1.29 is 83.1 Å². The van der Waals surface area contributed by atoms with Gasteiger partial charge < -0.3 is 73.8 Å². The third kappa shape index (κ3) is 23.9. The Hall–Kier alpha value is -7.81. The Kier molecular flexibility index (Phi) is 26.2. The third-order valence-electron chi connectivity index (χ3n) is 10.2. The van der Waals surface area contributed by atoms with E-state index in [1.54, 1.807) is 60.7 Å². The van der Waals surface area contributed by atoms with Gasteiger partial charge in [-0.3, -0.25) is 38.4 Å². The number of carbonyl (C=O) groups is 12. The average Bonchev–Trinajstić information content (AvgIpc) is 3.32. The SMILES string of the molecule is N[C@@H](CNC(=O)[C@H](Cc1ccccc1)NC(=O)[C@H](CCc1ccccc1)NC(=O)CCCNC(=O)CC[C@H](NC(=O)N[C@@H](CCC(=O)O)C(=O)O)C(=O)O)C(=O)N[C@@H](CC(=O)O)C(=O)N[C@@H](CS)C(=O)O. The lowest BCUT2D eigenvalue weighted by Gasteiger charge is -2.24. The molecular formula is C44H59N9O17S. The Balaban J connectivity index is 2.09. The van der Waals surface area contributed by atoms with E-state index in [1.165, 1.54) is 0 Å². The predicted molar refractivity (Wildman–Crippen MR) is 250 cm³/mol. The Morgan fingerprint density at radius 2 is 1.01 bits per heavy atom. The van der Waals surface area contributed by atoms with Gasteiger partial charge in [-0.05, 0) is 43.2 Å². The largest absolute Gasteiger partial charge is 0.481 e. The molecule has 0 aliphatic heterocycles. The van der Waals surface area contributed by atoms with Crippen molar-refractivity contribution in [2.75, 3.05) is 18.8 Å². The summed E-state index contributed by atoms with van der Waals surface area (Å²) in [5, 5.41) is 64.6. The van der Waals surface area contributed by atoms with E-state index in [-0.39, 0.29) is 38.0 Å². The molecule has 26 nitrogen and oxygen atoms in total. The molecule has 71 heavy (non-hydrogen) atoms. The van der Waals surface area contributed by atoms with E-state index < -0.39 is 152 Å². The zero-order valence-electron chi connectivity index (χ0n) is 38.2. The van der Waals surface area contributed by atoms with Crippen LogP contribution in [0.4, 0.5) is 4.79 Å². The van der Waals surface area contributed by atoms with Gasteiger partial charge >= 0.3 is 35.9 Å². The van der Waals surface area contributed by atoms with Gasteiger partial charge in [-0.2, -0.15) is 12.6 Å². The normalized spacial score (nSPS) is 13.7. The molecule has 2 aromatic carbocycles. The number of aryl methyl sites for hydroxylation is 1. The van der Waals surface area contributed by atoms with Crippen LogP contribution in [-0.4, -0.2) is 158 Å². The topological polar surface area (TPSA) is 428 Å². The maximum Gasteiger partial charge on any atom is 0.327 e. The lowest BCUT2D eigenvalue weighted by Crippen LogP contribution is -2.58. The number of amides is 8. The number of hydrogen-bond acceptors (Lipinski definition) is 14. The number of hydrogen-bond donors (Lipinski definition) is 15. The average molecular weight is 1020 g/mol. The van der Waals surface area contributed by atoms with Crippen LogP contribution in [0.3, 0.4) is 0 Å². The maximum absolute atomic E-state index is 14.0. The number of carboxylic acids is 5. The quantitative estimate of drug-likeness (QED) is 0.0259. The number of carboxylic acid groups (broad SMARTS) is 5. The number of benzene rings is 2. The molecule has 0 unspecified atom stereocenters. The van der Waals surface area contributed by atoms with Gasteiger partial charge in [-0.25, -0.2) is 19.2 Å². The van der Waals surface area contributed by atoms with Crippen LogP contribution >= 0.6 is 12.6 Å². The lowest BCUT2D eigenvalue weighted by atomic mass is 10.0. The molecular weight excluding hydrogens is 959 g/mol. The summed E-state index contributed by atoms with van der Waals surface area (Å²) in [6.07, 6.45) is -2.71. The first-order valence-corrected chi connectivity index (χ1v) is 22.6. The van der Waals surface area contributed by atoms with E-state index in [0.717, 1.165) is 5.56 Å². The number of thiol groups is 1. The van der Waals surface area contributed by atoms with E-state index >= 15 is 0 Å². The summed E-state index contributed by atoms with van der Waals surface area (Å²) in [6, 6.07) is 5.60. The number of nitrogens with one attached hydrogen (secondary N) is 8. The Bertz CT molecular complexity index is 2190. The molecule has 0 bridgehead atoms. The number of carbonyl (C=O) groups excluding carboxylic acids is 7. The minimum atomic E-state index is -1.75. The van der Waals surface area contributed by atoms with Crippen molar-refractivity contribution in [3.05, 3.63) is 71.8 Å². The van der Waals surface area contributed by atoms with Crippen molar-refractivity contribution in [1.82, 2.24) is 42.5 Å². The smallest absolute Gasteiger partial charge is 0.327 e. The van der Waals surface area contributed by atoms with Crippen molar-refractivity contribution in [3.63, 3.8) is 0 Å². The molecule has 0 fully saturated rings. The molecule has 0 aliphatic carbocycles. The molecule has 388 valence electrons. The van der Waals surface area contributed by atoms with Crippen LogP contribution < -0.4 is 48.3 Å². The van der Waals surface area contributed by atoms with E-state index in [4.69, 9.17) is 10.8 Å². The molecule has 0 saturated carbocycles. The zero-order valence-corrected chi connectivity index (χ0v) is 39.1.